The fraction of sp³-hybridized carbons (Fsp3) is 0.143. The minimum absolute atomic E-state index is 0.0170. The van der Waals surface area contributed by atoms with Crippen LogP contribution in [-0.2, 0) is 10.8 Å². The number of rotatable bonds is 8. The number of benzene rings is 8. The van der Waals surface area contributed by atoms with Crippen LogP contribution in [0.5, 0.6) is 5.75 Å². The van der Waals surface area contributed by atoms with E-state index in [1.54, 1.807) is 12.1 Å². The van der Waals surface area contributed by atoms with Crippen molar-refractivity contribution >= 4 is 11.0 Å². The van der Waals surface area contributed by atoms with Crippen LogP contribution in [0.15, 0.2) is 200 Å². The van der Waals surface area contributed by atoms with Gasteiger partial charge in [-0.05, 0) is 122 Å². The third-order valence-corrected chi connectivity index (χ3v) is 12.3. The first kappa shape index (κ1) is 32.8. The molecule has 10 aromatic rings. The van der Waals surface area contributed by atoms with E-state index in [-0.39, 0.29) is 39.5 Å². The Morgan fingerprint density at radius 3 is 1.87 bits per heavy atom. The van der Waals surface area contributed by atoms with Gasteiger partial charge in [0, 0.05) is 28.5 Å². The Morgan fingerprint density at radius 1 is 0.493 bits per heavy atom. The van der Waals surface area contributed by atoms with Crippen molar-refractivity contribution in [1.82, 2.24) is 14.5 Å². The first-order chi connectivity index (χ1) is 36.4. The van der Waals surface area contributed by atoms with Gasteiger partial charge in [-0.1, -0.05) is 186 Å². The second kappa shape index (κ2) is 17.2. The zero-order valence-corrected chi connectivity index (χ0v) is 38.6. The normalized spacial score (nSPS) is 14.0. The molecule has 10 rings (SSSR count). The number of pyridine rings is 1. The van der Waals surface area contributed by atoms with Crippen LogP contribution in [0.25, 0.3) is 95.0 Å². The number of aryl methyl sites for hydroxylation is 1. The molecular formula is C63H55N3O. The van der Waals surface area contributed by atoms with E-state index in [9.17, 15) is 7.85 Å². The van der Waals surface area contributed by atoms with E-state index in [0.717, 1.165) is 55.8 Å². The lowest BCUT2D eigenvalue weighted by molar-refractivity contribution is 0.446. The van der Waals surface area contributed by atoms with Gasteiger partial charge in [0.25, 0.3) is 0 Å². The molecule has 0 radical (unpaired) electrons. The molecule has 0 atom stereocenters. The quantitative estimate of drug-likeness (QED) is 0.165. The number of phenols is 1. The number of fused-ring (bicyclic) bond motifs is 1. The molecular weight excluding hydrogens is 815 g/mol. The van der Waals surface area contributed by atoms with Gasteiger partial charge in [-0.25, -0.2) is 4.98 Å². The van der Waals surface area contributed by atoms with Crippen LogP contribution in [-0.4, -0.2) is 19.6 Å². The Balaban J connectivity index is 1.34. The number of phenolic OH excluding ortho intramolecular Hbond substituents is 1. The second-order valence-corrected chi connectivity index (χ2v) is 19.1. The molecule has 0 aliphatic rings. The van der Waals surface area contributed by atoms with Gasteiger partial charge in [-0.2, -0.15) is 0 Å². The molecule has 0 saturated carbocycles. The molecule has 0 amide bonds. The molecule has 2 heterocycles. The van der Waals surface area contributed by atoms with Crippen molar-refractivity contribution in [3.05, 3.63) is 217 Å². The molecule has 0 aliphatic heterocycles. The summed E-state index contributed by atoms with van der Waals surface area (Å²) < 4.78 is 90.2. The maximum Gasteiger partial charge on any atom is 0.149 e. The molecule has 1 N–H and O–H groups in total. The Hall–Kier alpha value is -7.82. The van der Waals surface area contributed by atoms with Crippen LogP contribution in [0, 0.1) is 6.92 Å². The highest BCUT2D eigenvalue weighted by atomic mass is 16.3. The van der Waals surface area contributed by atoms with Crippen molar-refractivity contribution < 1.29 is 18.8 Å². The number of hydrogen-bond donors (Lipinski definition) is 1. The van der Waals surface area contributed by atoms with E-state index < -0.39 is 71.3 Å². The summed E-state index contributed by atoms with van der Waals surface area (Å²) in [5, 5.41) is 12.7. The summed E-state index contributed by atoms with van der Waals surface area (Å²) in [5.74, 6) is 0.259. The van der Waals surface area contributed by atoms with Crippen molar-refractivity contribution in [2.45, 2.75) is 59.3 Å². The Labute approximate surface area is 409 Å². The van der Waals surface area contributed by atoms with Crippen LogP contribution in [0.2, 0.25) is 0 Å². The van der Waals surface area contributed by atoms with Gasteiger partial charge >= 0.3 is 0 Å². The summed E-state index contributed by atoms with van der Waals surface area (Å²) in [7, 11) is 0. The van der Waals surface area contributed by atoms with Crippen molar-refractivity contribution in [3.8, 4) is 89.7 Å². The van der Waals surface area contributed by atoms with Crippen molar-refractivity contribution in [2.24, 2.45) is 0 Å². The predicted molar refractivity (Wildman–Crippen MR) is 281 cm³/mol. The summed E-state index contributed by atoms with van der Waals surface area (Å²) in [6, 6.07) is 37.9. The highest BCUT2D eigenvalue weighted by Gasteiger charge is 2.29. The second-order valence-electron chi connectivity index (χ2n) is 19.1. The van der Waals surface area contributed by atoms with Crippen molar-refractivity contribution in [3.63, 3.8) is 0 Å². The molecule has 2 aromatic heterocycles. The number of hydrogen-bond acceptors (Lipinski definition) is 3. The molecule has 4 nitrogen and oxygen atoms in total. The highest BCUT2D eigenvalue weighted by molar-refractivity contribution is 5.99. The van der Waals surface area contributed by atoms with E-state index in [0.29, 0.717) is 22.2 Å². The van der Waals surface area contributed by atoms with Crippen LogP contribution < -0.4 is 0 Å². The van der Waals surface area contributed by atoms with Crippen molar-refractivity contribution in [2.75, 3.05) is 0 Å². The topological polar surface area (TPSA) is 50.9 Å². The summed E-state index contributed by atoms with van der Waals surface area (Å²) in [5.41, 5.74) is 10.5. The van der Waals surface area contributed by atoms with Gasteiger partial charge in [0.1, 0.15) is 11.6 Å². The van der Waals surface area contributed by atoms with Gasteiger partial charge in [-0.3, -0.25) is 9.55 Å². The molecule has 0 unspecified atom stereocenters. The molecule has 0 fully saturated rings. The Morgan fingerprint density at radius 2 is 1.15 bits per heavy atom. The standard InChI is InChI=1S/C63H55N3O/c1-41-19-17-26-45(33-41)47-31-32-64-56(38-47)50-35-48(43-22-13-9-14-23-43)34-49(36-50)52-27-18-28-58-59(52)65-61(54-39-51(62(2,3)4)40-55(60(54)67)63(5,6)7)66(58)57-30-29-46(42-20-11-8-12-21-42)37-53(57)44-24-15-10-16-25-44/h8-40,67H,1-7H3/i8D,10D,11D,12D,15D,16D,20D,21D,24D,25D. The summed E-state index contributed by atoms with van der Waals surface area (Å²) in [6.45, 7) is 14.4. The molecule has 0 saturated heterocycles. The molecule has 0 spiro atoms. The van der Waals surface area contributed by atoms with Crippen molar-refractivity contribution in [1.29, 1.82) is 0 Å². The van der Waals surface area contributed by atoms with E-state index >= 15 is 0 Å². The van der Waals surface area contributed by atoms with Crippen LogP contribution in [0.4, 0.5) is 0 Å². The average Bonchev–Trinajstić information content (AvgIpc) is 3.87. The number of aromatic nitrogens is 3. The number of aromatic hydroxyl groups is 1. The first-order valence-electron chi connectivity index (χ1n) is 27.4. The largest absolute Gasteiger partial charge is 0.507 e. The van der Waals surface area contributed by atoms with E-state index in [4.69, 9.17) is 20.9 Å². The van der Waals surface area contributed by atoms with Gasteiger partial charge in [0.2, 0.25) is 0 Å². The van der Waals surface area contributed by atoms with Crippen LogP contribution in [0.3, 0.4) is 0 Å². The first-order valence-corrected chi connectivity index (χ1v) is 22.4. The monoisotopic (exact) mass is 879 g/mol. The molecule has 67 heavy (non-hydrogen) atoms. The number of para-hydroxylation sites is 1. The molecule has 8 aromatic carbocycles. The van der Waals surface area contributed by atoms with E-state index in [2.05, 4.69) is 82.3 Å². The van der Waals surface area contributed by atoms with Gasteiger partial charge in [0.15, 0.2) is 0 Å². The Kier molecular flexibility index (Phi) is 8.41. The lowest BCUT2D eigenvalue weighted by Gasteiger charge is -2.27. The lowest BCUT2D eigenvalue weighted by Crippen LogP contribution is -2.17. The molecule has 0 aliphatic carbocycles. The molecule has 328 valence electrons. The maximum atomic E-state index is 12.7. The van der Waals surface area contributed by atoms with Crippen LogP contribution in [0.1, 0.15) is 71.9 Å². The fourth-order valence-corrected chi connectivity index (χ4v) is 8.75. The Bertz CT molecular complexity index is 3980. The zero-order valence-electron chi connectivity index (χ0n) is 48.6. The summed E-state index contributed by atoms with van der Waals surface area (Å²) in [6.07, 6.45) is 1.82. The number of nitrogens with zero attached hydrogens (tertiary/aromatic N) is 3. The number of imidazole rings is 1. The SMILES string of the molecule is [2H]c1c([2H])c([2H])c(-c2ccc(-n3c(-c4cc(C(C)(C)C)cc(C(C)(C)C)c4O)nc4c(-c5cc(-c6ccccc6)cc(-c6cc(-c7cccc(C)c7)ccn6)c5)cccc43)c(-c3c([2H])c([2H])c([2H])c([2H])c3[2H])c2)c([2H])c1[2H]. The lowest BCUT2D eigenvalue weighted by atomic mass is 9.79. The smallest absolute Gasteiger partial charge is 0.149 e. The zero-order chi connectivity index (χ0) is 55.2. The minimum atomic E-state index is -0.599. The van der Waals surface area contributed by atoms with Gasteiger partial charge in [-0.15, -0.1) is 0 Å². The van der Waals surface area contributed by atoms with Crippen LogP contribution >= 0.6 is 0 Å². The summed E-state index contributed by atoms with van der Waals surface area (Å²) >= 11 is 0. The predicted octanol–water partition coefficient (Wildman–Crippen LogP) is 16.7. The van der Waals surface area contributed by atoms with Gasteiger partial charge in [0.05, 0.1) is 41.7 Å². The third kappa shape index (κ3) is 8.48. The molecule has 0 bridgehead atoms. The van der Waals surface area contributed by atoms with Gasteiger partial charge < -0.3 is 5.11 Å². The minimum Gasteiger partial charge on any atom is -0.507 e. The molecule has 4 heteroatoms. The average molecular weight is 880 g/mol. The third-order valence-electron chi connectivity index (χ3n) is 12.3. The fourth-order valence-electron chi connectivity index (χ4n) is 8.75. The summed E-state index contributed by atoms with van der Waals surface area (Å²) in [4.78, 5) is 10.4. The highest BCUT2D eigenvalue weighted by Crippen LogP contribution is 2.46. The maximum absolute atomic E-state index is 12.7. The van der Waals surface area contributed by atoms with E-state index in [1.807, 2.05) is 92.2 Å². The van der Waals surface area contributed by atoms with E-state index in [1.165, 1.54) is 6.07 Å².